The zero-order chi connectivity index (χ0) is 21.0. The number of nitrogens with one attached hydrogen (secondary N) is 1. The highest BCUT2D eigenvalue weighted by atomic mass is 16.1. The van der Waals surface area contributed by atoms with E-state index < -0.39 is 0 Å². The SMILES string of the molecule is CCCCCCCC/C=C\CCCCCCCC(=O)NC(CC)C(C)N(C)C. The summed E-state index contributed by atoms with van der Waals surface area (Å²) >= 11 is 0. The Morgan fingerprint density at radius 1 is 0.821 bits per heavy atom. The summed E-state index contributed by atoms with van der Waals surface area (Å²) in [7, 11) is 4.15. The first-order valence-corrected chi connectivity index (χ1v) is 12.1. The normalized spacial score (nSPS) is 13.9. The molecule has 0 spiro atoms. The lowest BCUT2D eigenvalue weighted by atomic mass is 10.1. The summed E-state index contributed by atoms with van der Waals surface area (Å²) in [6.45, 7) is 6.60. The van der Waals surface area contributed by atoms with Crippen molar-refractivity contribution in [1.82, 2.24) is 10.2 Å². The number of carbonyl (C=O) groups is 1. The van der Waals surface area contributed by atoms with E-state index >= 15 is 0 Å². The summed E-state index contributed by atoms with van der Waals surface area (Å²) in [5.74, 6) is 0.221. The molecule has 0 rings (SSSR count). The Morgan fingerprint density at radius 2 is 1.32 bits per heavy atom. The number of unbranched alkanes of at least 4 members (excludes halogenated alkanes) is 11. The molecule has 1 amide bonds. The van der Waals surface area contributed by atoms with Crippen LogP contribution in [0.4, 0.5) is 0 Å². The first kappa shape index (κ1) is 27.2. The number of carbonyl (C=O) groups excluding carboxylic acids is 1. The molecule has 0 aliphatic heterocycles. The van der Waals surface area contributed by atoms with Gasteiger partial charge in [0.15, 0.2) is 0 Å². The Hall–Kier alpha value is -0.830. The summed E-state index contributed by atoms with van der Waals surface area (Å²) in [5, 5.41) is 3.21. The van der Waals surface area contributed by atoms with Crippen LogP contribution in [0.25, 0.3) is 0 Å². The van der Waals surface area contributed by atoms with Crippen molar-refractivity contribution in [2.24, 2.45) is 0 Å². The molecule has 0 aliphatic carbocycles. The topological polar surface area (TPSA) is 32.3 Å². The van der Waals surface area contributed by atoms with Gasteiger partial charge in [0.05, 0.1) is 0 Å². The van der Waals surface area contributed by atoms with Gasteiger partial charge in [0, 0.05) is 18.5 Å². The molecule has 0 saturated carbocycles. The van der Waals surface area contributed by atoms with E-state index in [0.29, 0.717) is 12.5 Å². The van der Waals surface area contributed by atoms with Crippen LogP contribution in [0.1, 0.15) is 117 Å². The first-order valence-electron chi connectivity index (χ1n) is 12.1. The second kappa shape index (κ2) is 19.5. The molecule has 3 nitrogen and oxygen atoms in total. The van der Waals surface area contributed by atoms with Crippen molar-refractivity contribution in [3.8, 4) is 0 Å². The average molecular weight is 395 g/mol. The van der Waals surface area contributed by atoms with E-state index in [1.54, 1.807) is 0 Å². The molecule has 0 aromatic heterocycles. The van der Waals surface area contributed by atoms with Crippen LogP contribution in [0.3, 0.4) is 0 Å². The predicted octanol–water partition coefficient (Wildman–Crippen LogP) is 6.87. The predicted molar refractivity (Wildman–Crippen MR) is 125 cm³/mol. The van der Waals surface area contributed by atoms with Crippen molar-refractivity contribution in [3.63, 3.8) is 0 Å². The highest BCUT2D eigenvalue weighted by Crippen LogP contribution is 2.10. The number of likely N-dealkylation sites (N-methyl/N-ethyl adjacent to an activating group) is 1. The number of amides is 1. The lowest BCUT2D eigenvalue weighted by Gasteiger charge is -2.29. The molecule has 2 atom stereocenters. The van der Waals surface area contributed by atoms with Gasteiger partial charge in [-0.3, -0.25) is 4.79 Å². The molecule has 166 valence electrons. The van der Waals surface area contributed by atoms with Gasteiger partial charge in [-0.15, -0.1) is 0 Å². The van der Waals surface area contributed by atoms with Gasteiger partial charge >= 0.3 is 0 Å². The first-order chi connectivity index (χ1) is 13.5. The van der Waals surface area contributed by atoms with Crippen LogP contribution in [-0.2, 0) is 4.79 Å². The Labute approximate surface area is 176 Å². The van der Waals surface area contributed by atoms with Gasteiger partial charge in [-0.25, -0.2) is 0 Å². The summed E-state index contributed by atoms with van der Waals surface area (Å²) in [4.78, 5) is 14.3. The van der Waals surface area contributed by atoms with Gasteiger partial charge in [-0.05, 0) is 59.5 Å². The second-order valence-electron chi connectivity index (χ2n) is 8.62. The molecular weight excluding hydrogens is 344 g/mol. The van der Waals surface area contributed by atoms with Gasteiger partial charge < -0.3 is 10.2 Å². The third kappa shape index (κ3) is 16.2. The standard InChI is InChI=1S/C25H50N2O/c1-6-8-9-10-11-12-13-14-15-16-17-18-19-20-21-22-25(28)26-24(7-2)23(3)27(4)5/h14-15,23-24H,6-13,16-22H2,1-5H3,(H,26,28)/b15-14-. The van der Waals surface area contributed by atoms with E-state index in [9.17, 15) is 4.79 Å². The number of hydrogen-bond donors (Lipinski definition) is 1. The molecule has 0 radical (unpaired) electrons. The maximum atomic E-state index is 12.1. The third-order valence-electron chi connectivity index (χ3n) is 5.85. The lowest BCUT2D eigenvalue weighted by molar-refractivity contribution is -0.122. The molecule has 0 aromatic rings. The zero-order valence-corrected chi connectivity index (χ0v) is 19.8. The smallest absolute Gasteiger partial charge is 0.220 e. The molecule has 0 aromatic carbocycles. The highest BCUT2D eigenvalue weighted by molar-refractivity contribution is 5.76. The fraction of sp³-hybridized carbons (Fsp3) is 0.880. The minimum absolute atomic E-state index is 0.221. The Balaban J connectivity index is 3.49. The van der Waals surface area contributed by atoms with Crippen molar-refractivity contribution < 1.29 is 4.79 Å². The van der Waals surface area contributed by atoms with E-state index in [-0.39, 0.29) is 11.9 Å². The molecule has 3 heteroatoms. The van der Waals surface area contributed by atoms with E-state index in [1.807, 2.05) is 0 Å². The third-order valence-corrected chi connectivity index (χ3v) is 5.85. The van der Waals surface area contributed by atoms with E-state index in [1.165, 1.54) is 77.0 Å². The minimum atomic E-state index is 0.221. The molecule has 0 bridgehead atoms. The maximum Gasteiger partial charge on any atom is 0.220 e. The van der Waals surface area contributed by atoms with Crippen molar-refractivity contribution in [2.45, 2.75) is 129 Å². The van der Waals surface area contributed by atoms with Crippen LogP contribution in [0.2, 0.25) is 0 Å². The van der Waals surface area contributed by atoms with Gasteiger partial charge in [0.2, 0.25) is 5.91 Å². The van der Waals surface area contributed by atoms with Gasteiger partial charge in [-0.1, -0.05) is 77.4 Å². The summed E-state index contributed by atoms with van der Waals surface area (Å²) in [5.41, 5.74) is 0. The Morgan fingerprint density at radius 3 is 1.82 bits per heavy atom. The number of rotatable bonds is 19. The molecule has 1 N–H and O–H groups in total. The van der Waals surface area contributed by atoms with Gasteiger partial charge in [0.25, 0.3) is 0 Å². The largest absolute Gasteiger partial charge is 0.352 e. The van der Waals surface area contributed by atoms with Crippen LogP contribution in [0.15, 0.2) is 12.2 Å². The zero-order valence-electron chi connectivity index (χ0n) is 19.8. The minimum Gasteiger partial charge on any atom is -0.352 e. The van der Waals surface area contributed by atoms with Gasteiger partial charge in [0.1, 0.15) is 0 Å². The maximum absolute atomic E-state index is 12.1. The van der Waals surface area contributed by atoms with E-state index in [2.05, 4.69) is 57.2 Å². The Bertz CT molecular complexity index is 379. The van der Waals surface area contributed by atoms with Crippen molar-refractivity contribution in [2.75, 3.05) is 14.1 Å². The molecule has 0 fully saturated rings. The molecule has 28 heavy (non-hydrogen) atoms. The summed E-state index contributed by atoms with van der Waals surface area (Å²) in [6.07, 6.45) is 23.2. The quantitative estimate of drug-likeness (QED) is 0.191. The fourth-order valence-electron chi connectivity index (χ4n) is 3.56. The van der Waals surface area contributed by atoms with Crippen molar-refractivity contribution >= 4 is 5.91 Å². The van der Waals surface area contributed by atoms with E-state index in [0.717, 1.165) is 12.8 Å². The van der Waals surface area contributed by atoms with Gasteiger partial charge in [-0.2, -0.15) is 0 Å². The van der Waals surface area contributed by atoms with Crippen LogP contribution in [0.5, 0.6) is 0 Å². The molecular formula is C25H50N2O. The number of hydrogen-bond acceptors (Lipinski definition) is 2. The van der Waals surface area contributed by atoms with Crippen molar-refractivity contribution in [1.29, 1.82) is 0 Å². The molecule has 0 saturated heterocycles. The molecule has 0 heterocycles. The monoisotopic (exact) mass is 394 g/mol. The van der Waals surface area contributed by atoms with Crippen LogP contribution < -0.4 is 5.32 Å². The molecule has 0 aliphatic rings. The van der Waals surface area contributed by atoms with E-state index in [4.69, 9.17) is 0 Å². The van der Waals surface area contributed by atoms with Crippen LogP contribution in [-0.4, -0.2) is 37.0 Å². The molecule has 2 unspecified atom stereocenters. The summed E-state index contributed by atoms with van der Waals surface area (Å²) < 4.78 is 0. The fourth-order valence-corrected chi connectivity index (χ4v) is 3.56. The second-order valence-corrected chi connectivity index (χ2v) is 8.62. The highest BCUT2D eigenvalue weighted by Gasteiger charge is 2.18. The lowest BCUT2D eigenvalue weighted by Crippen LogP contribution is -2.47. The average Bonchev–Trinajstić information content (AvgIpc) is 2.68. The van der Waals surface area contributed by atoms with Crippen LogP contribution in [0, 0.1) is 0 Å². The Kier molecular flexibility index (Phi) is 18.9. The summed E-state index contributed by atoms with van der Waals surface area (Å²) in [6, 6.07) is 0.633. The number of nitrogens with zero attached hydrogens (tertiary/aromatic N) is 1. The van der Waals surface area contributed by atoms with Crippen LogP contribution >= 0.6 is 0 Å². The number of allylic oxidation sites excluding steroid dienone is 2. The van der Waals surface area contributed by atoms with Crippen molar-refractivity contribution in [3.05, 3.63) is 12.2 Å².